The summed E-state index contributed by atoms with van der Waals surface area (Å²) < 4.78 is 5.15. The van der Waals surface area contributed by atoms with Crippen LogP contribution >= 0.6 is 15.9 Å². The number of hydrogen-bond donors (Lipinski definition) is 0. The van der Waals surface area contributed by atoms with Crippen molar-refractivity contribution in [3.05, 3.63) is 0 Å². The van der Waals surface area contributed by atoms with Crippen molar-refractivity contribution < 1.29 is 19.4 Å². The minimum absolute atomic E-state index is 0.00176. The number of hydrogen-bond acceptors (Lipinski definition) is 4. The van der Waals surface area contributed by atoms with Gasteiger partial charge >= 0.3 is 5.97 Å². The van der Waals surface area contributed by atoms with Gasteiger partial charge in [0.1, 0.15) is 6.10 Å². The Balaban J connectivity index is 2.04. The molecule has 0 radical (unpaired) electrons. The van der Waals surface area contributed by atoms with Gasteiger partial charge in [-0.2, -0.15) is 0 Å². The Hall–Kier alpha value is -0.580. The lowest BCUT2D eigenvalue weighted by atomic mass is 9.80. The van der Waals surface area contributed by atoms with Crippen LogP contribution in [0.1, 0.15) is 6.42 Å². The fourth-order valence-corrected chi connectivity index (χ4v) is 4.34. The quantitative estimate of drug-likeness (QED) is 0.462. The normalized spacial score (nSPS) is 53.6. The van der Waals surface area contributed by atoms with Crippen LogP contribution in [0.3, 0.4) is 0 Å². The Bertz CT molecular complexity index is 329. The summed E-state index contributed by atoms with van der Waals surface area (Å²) in [5.41, 5.74) is 0. The molecule has 0 aromatic rings. The van der Waals surface area contributed by atoms with Gasteiger partial charge in [-0.25, -0.2) is 0 Å². The van der Waals surface area contributed by atoms with E-state index in [2.05, 4.69) is 15.9 Å². The molecule has 3 rings (SSSR count). The Kier molecular flexibility index (Phi) is 1.56. The number of carboxylic acids is 1. The van der Waals surface area contributed by atoms with Crippen LogP contribution in [-0.2, 0) is 14.3 Å². The molecule has 14 heavy (non-hydrogen) atoms. The molecule has 4 nitrogen and oxygen atoms in total. The zero-order valence-corrected chi connectivity index (χ0v) is 8.77. The lowest BCUT2D eigenvalue weighted by Crippen LogP contribution is -2.44. The molecule has 0 amide bonds. The van der Waals surface area contributed by atoms with Crippen molar-refractivity contribution in [2.45, 2.75) is 17.4 Å². The van der Waals surface area contributed by atoms with Gasteiger partial charge in [-0.1, -0.05) is 15.9 Å². The monoisotopic (exact) mass is 259 g/mol. The smallest absolute Gasteiger partial charge is 0.310 e. The van der Waals surface area contributed by atoms with Crippen LogP contribution in [0.25, 0.3) is 0 Å². The highest BCUT2D eigenvalue weighted by atomic mass is 79.9. The molecular weight excluding hydrogens is 252 g/mol. The van der Waals surface area contributed by atoms with Gasteiger partial charge in [0.25, 0.3) is 0 Å². The van der Waals surface area contributed by atoms with E-state index in [-0.39, 0.29) is 28.7 Å². The molecule has 2 bridgehead atoms. The SMILES string of the molecule is O=C([O-])[C@@H]1[C@H]2C[C@@H]3[C@@H](OC(=O)[C@@H]31)[C@H]2Br. The molecule has 6 atom stereocenters. The van der Waals surface area contributed by atoms with Crippen molar-refractivity contribution in [3.8, 4) is 0 Å². The van der Waals surface area contributed by atoms with E-state index < -0.39 is 17.8 Å². The van der Waals surface area contributed by atoms with Gasteiger partial charge in [-0.05, 0) is 12.3 Å². The predicted octanol–water partition coefficient (Wildman–Crippen LogP) is -0.693. The van der Waals surface area contributed by atoms with Gasteiger partial charge in [-0.3, -0.25) is 4.79 Å². The first kappa shape index (κ1) is 8.71. The van der Waals surface area contributed by atoms with Crippen LogP contribution in [0.15, 0.2) is 0 Å². The van der Waals surface area contributed by atoms with Gasteiger partial charge in [-0.15, -0.1) is 0 Å². The first-order valence-electron chi connectivity index (χ1n) is 4.66. The van der Waals surface area contributed by atoms with Crippen LogP contribution in [0.5, 0.6) is 0 Å². The third-order valence-electron chi connectivity index (χ3n) is 3.80. The number of carbonyl (C=O) groups excluding carboxylic acids is 2. The molecule has 0 aromatic heterocycles. The largest absolute Gasteiger partial charge is 0.550 e. The molecule has 1 aliphatic heterocycles. The van der Waals surface area contributed by atoms with E-state index in [0.717, 1.165) is 6.42 Å². The lowest BCUT2D eigenvalue weighted by molar-refractivity contribution is -0.314. The molecule has 0 N–H and O–H groups in total. The maximum Gasteiger partial charge on any atom is 0.310 e. The number of rotatable bonds is 1. The first-order chi connectivity index (χ1) is 6.61. The van der Waals surface area contributed by atoms with Crippen LogP contribution in [0.4, 0.5) is 0 Å². The number of aliphatic carboxylic acids is 1. The summed E-state index contributed by atoms with van der Waals surface area (Å²) in [4.78, 5) is 22.3. The van der Waals surface area contributed by atoms with E-state index in [9.17, 15) is 14.7 Å². The number of halogens is 1. The molecular formula is C9H8BrO4-. The molecule has 0 unspecified atom stereocenters. The average molecular weight is 260 g/mol. The van der Waals surface area contributed by atoms with Crippen molar-refractivity contribution in [1.82, 2.24) is 0 Å². The maximum absolute atomic E-state index is 11.4. The second-order valence-electron chi connectivity index (χ2n) is 4.28. The van der Waals surface area contributed by atoms with Crippen molar-refractivity contribution in [1.29, 1.82) is 0 Å². The topological polar surface area (TPSA) is 66.4 Å². The van der Waals surface area contributed by atoms with Crippen molar-refractivity contribution in [2.75, 3.05) is 0 Å². The molecule has 0 aromatic carbocycles. The number of carbonyl (C=O) groups is 2. The van der Waals surface area contributed by atoms with E-state index in [4.69, 9.17) is 4.74 Å². The van der Waals surface area contributed by atoms with Gasteiger partial charge in [0, 0.05) is 17.8 Å². The van der Waals surface area contributed by atoms with Crippen LogP contribution in [0.2, 0.25) is 0 Å². The highest BCUT2D eigenvalue weighted by Gasteiger charge is 2.66. The van der Waals surface area contributed by atoms with Gasteiger partial charge < -0.3 is 14.6 Å². The minimum atomic E-state index is -1.11. The number of fused-ring (bicyclic) bond motifs is 1. The summed E-state index contributed by atoms with van der Waals surface area (Å²) in [5.74, 6) is -2.44. The molecule has 2 aliphatic carbocycles. The average Bonchev–Trinajstić information content (AvgIpc) is 2.67. The summed E-state index contributed by atoms with van der Waals surface area (Å²) in [5, 5.41) is 10.9. The lowest BCUT2D eigenvalue weighted by Gasteiger charge is -2.28. The summed E-state index contributed by atoms with van der Waals surface area (Å²) in [6.45, 7) is 0. The molecule has 5 heteroatoms. The predicted molar refractivity (Wildman–Crippen MR) is 46.2 cm³/mol. The fourth-order valence-electron chi connectivity index (χ4n) is 3.29. The van der Waals surface area contributed by atoms with E-state index in [1.807, 2.05) is 0 Å². The summed E-state index contributed by atoms with van der Waals surface area (Å²) in [6, 6.07) is 0. The van der Waals surface area contributed by atoms with Gasteiger partial charge in [0.05, 0.1) is 10.7 Å². The number of ether oxygens (including phenoxy) is 1. The molecule has 0 spiro atoms. The zero-order chi connectivity index (χ0) is 10.0. The number of carboxylic acid groups (broad SMARTS) is 1. The molecule has 2 saturated carbocycles. The van der Waals surface area contributed by atoms with E-state index in [1.54, 1.807) is 0 Å². The summed E-state index contributed by atoms with van der Waals surface area (Å²) in [6.07, 6.45) is 0.670. The third kappa shape index (κ3) is 0.798. The highest BCUT2D eigenvalue weighted by Crippen LogP contribution is 2.59. The van der Waals surface area contributed by atoms with Crippen LogP contribution in [0, 0.1) is 23.7 Å². The van der Waals surface area contributed by atoms with Crippen LogP contribution < -0.4 is 5.11 Å². The summed E-state index contributed by atoms with van der Waals surface area (Å²) in [7, 11) is 0. The molecule has 3 fully saturated rings. The maximum atomic E-state index is 11.4. The summed E-state index contributed by atoms with van der Waals surface area (Å²) >= 11 is 3.42. The van der Waals surface area contributed by atoms with Gasteiger partial charge in [0.2, 0.25) is 0 Å². The Morgan fingerprint density at radius 3 is 2.86 bits per heavy atom. The van der Waals surface area contributed by atoms with Gasteiger partial charge in [0.15, 0.2) is 0 Å². The molecule has 76 valence electrons. The second-order valence-corrected chi connectivity index (χ2v) is 5.34. The van der Waals surface area contributed by atoms with E-state index in [1.165, 1.54) is 0 Å². The molecule has 3 aliphatic rings. The number of esters is 1. The van der Waals surface area contributed by atoms with E-state index >= 15 is 0 Å². The Morgan fingerprint density at radius 1 is 1.50 bits per heavy atom. The number of alkyl halides is 1. The molecule has 1 saturated heterocycles. The first-order valence-corrected chi connectivity index (χ1v) is 5.58. The highest BCUT2D eigenvalue weighted by molar-refractivity contribution is 9.09. The van der Waals surface area contributed by atoms with E-state index in [0.29, 0.717) is 0 Å². The van der Waals surface area contributed by atoms with Crippen molar-refractivity contribution in [2.24, 2.45) is 23.7 Å². The Morgan fingerprint density at radius 2 is 2.21 bits per heavy atom. The Labute approximate surface area is 88.7 Å². The second kappa shape index (κ2) is 2.51. The zero-order valence-electron chi connectivity index (χ0n) is 7.18. The standard InChI is InChI=1S/C9H9BrO4/c10-6-2-1-3-5(4(2)8(11)12)9(13)14-7(3)6/h2-7H,1H2,(H,11,12)/p-1/t2-,3+,4-,5+,6+,7-/m1/s1. The minimum Gasteiger partial charge on any atom is -0.550 e. The van der Waals surface area contributed by atoms with Crippen molar-refractivity contribution in [3.63, 3.8) is 0 Å². The van der Waals surface area contributed by atoms with Crippen molar-refractivity contribution >= 4 is 27.9 Å². The fraction of sp³-hybridized carbons (Fsp3) is 0.778. The molecule has 1 heterocycles. The van der Waals surface area contributed by atoms with Crippen LogP contribution in [-0.4, -0.2) is 22.9 Å². The third-order valence-corrected chi connectivity index (χ3v) is 5.00.